The van der Waals surface area contributed by atoms with Crippen molar-refractivity contribution < 1.29 is 9.18 Å². The Morgan fingerprint density at radius 1 is 1.17 bits per heavy atom. The van der Waals surface area contributed by atoms with Crippen LogP contribution >= 0.6 is 11.6 Å². The standard InChI is InChI=1S/C15H12ClFO/c1-9-3-4-11(10(2)18)7-15(9)12-5-13(16)8-14(17)6-12/h3-8H,1-2H3. The highest BCUT2D eigenvalue weighted by atomic mass is 35.5. The Labute approximate surface area is 110 Å². The molecule has 0 saturated heterocycles. The second-order valence-corrected chi connectivity index (χ2v) is 4.68. The number of rotatable bonds is 2. The Bertz CT molecular complexity index is 600. The van der Waals surface area contributed by atoms with Crippen LogP contribution in [0.4, 0.5) is 4.39 Å². The first-order valence-electron chi connectivity index (χ1n) is 5.55. The molecule has 2 aromatic rings. The van der Waals surface area contributed by atoms with E-state index in [2.05, 4.69) is 0 Å². The summed E-state index contributed by atoms with van der Waals surface area (Å²) in [7, 11) is 0. The van der Waals surface area contributed by atoms with Gasteiger partial charge in [0.2, 0.25) is 0 Å². The predicted molar refractivity (Wildman–Crippen MR) is 71.6 cm³/mol. The Hall–Kier alpha value is -1.67. The zero-order valence-corrected chi connectivity index (χ0v) is 10.9. The van der Waals surface area contributed by atoms with E-state index >= 15 is 0 Å². The van der Waals surface area contributed by atoms with Crippen LogP contribution in [0.15, 0.2) is 36.4 Å². The Morgan fingerprint density at radius 3 is 2.50 bits per heavy atom. The molecule has 0 spiro atoms. The van der Waals surface area contributed by atoms with Gasteiger partial charge in [-0.2, -0.15) is 0 Å². The van der Waals surface area contributed by atoms with E-state index in [0.717, 1.165) is 11.1 Å². The highest BCUT2D eigenvalue weighted by Gasteiger charge is 2.08. The molecule has 0 heterocycles. The van der Waals surface area contributed by atoms with Gasteiger partial charge in [0.25, 0.3) is 0 Å². The first-order chi connectivity index (χ1) is 8.47. The number of hydrogen-bond donors (Lipinski definition) is 0. The number of carbonyl (C=O) groups is 1. The van der Waals surface area contributed by atoms with Crippen LogP contribution in [0.2, 0.25) is 5.02 Å². The molecule has 18 heavy (non-hydrogen) atoms. The van der Waals surface area contributed by atoms with Gasteiger partial charge in [-0.1, -0.05) is 23.7 Å². The molecular formula is C15H12ClFO. The topological polar surface area (TPSA) is 17.1 Å². The summed E-state index contributed by atoms with van der Waals surface area (Å²) < 4.78 is 13.4. The number of benzene rings is 2. The lowest BCUT2D eigenvalue weighted by Gasteiger charge is -2.08. The van der Waals surface area contributed by atoms with Gasteiger partial charge in [0.15, 0.2) is 5.78 Å². The molecule has 0 radical (unpaired) electrons. The van der Waals surface area contributed by atoms with Crippen LogP contribution < -0.4 is 0 Å². The van der Waals surface area contributed by atoms with Crippen molar-refractivity contribution in [2.24, 2.45) is 0 Å². The molecule has 0 unspecified atom stereocenters. The first-order valence-corrected chi connectivity index (χ1v) is 5.93. The minimum atomic E-state index is -0.384. The van der Waals surface area contributed by atoms with Gasteiger partial charge < -0.3 is 0 Å². The molecule has 1 nitrogen and oxygen atoms in total. The minimum absolute atomic E-state index is 0.0150. The summed E-state index contributed by atoms with van der Waals surface area (Å²) in [5.41, 5.74) is 3.09. The van der Waals surface area contributed by atoms with Gasteiger partial charge in [-0.25, -0.2) is 4.39 Å². The van der Waals surface area contributed by atoms with E-state index in [-0.39, 0.29) is 11.6 Å². The lowest BCUT2D eigenvalue weighted by molar-refractivity contribution is 0.101. The molecule has 0 aliphatic heterocycles. The summed E-state index contributed by atoms with van der Waals surface area (Å²) in [6.45, 7) is 3.42. The first kappa shape index (κ1) is 12.8. The molecule has 2 rings (SSSR count). The molecule has 2 aromatic carbocycles. The Morgan fingerprint density at radius 2 is 1.89 bits per heavy atom. The number of hydrogen-bond acceptors (Lipinski definition) is 1. The monoisotopic (exact) mass is 262 g/mol. The van der Waals surface area contributed by atoms with Crippen LogP contribution in [0.1, 0.15) is 22.8 Å². The van der Waals surface area contributed by atoms with Gasteiger partial charge in [-0.3, -0.25) is 4.79 Å². The summed E-state index contributed by atoms with van der Waals surface area (Å²) >= 11 is 5.85. The predicted octanol–water partition coefficient (Wildman–Crippen LogP) is 4.66. The SMILES string of the molecule is CC(=O)c1ccc(C)c(-c2cc(F)cc(Cl)c2)c1. The van der Waals surface area contributed by atoms with Crippen molar-refractivity contribution in [3.8, 4) is 11.1 Å². The quantitative estimate of drug-likeness (QED) is 0.720. The van der Waals surface area contributed by atoms with Crippen LogP contribution in [0.5, 0.6) is 0 Å². The Balaban J connectivity index is 2.62. The summed E-state index contributed by atoms with van der Waals surface area (Å²) in [5, 5.41) is 0.345. The fourth-order valence-corrected chi connectivity index (χ4v) is 2.08. The van der Waals surface area contributed by atoms with E-state index in [4.69, 9.17) is 11.6 Å². The number of halogens is 2. The smallest absolute Gasteiger partial charge is 0.159 e. The molecule has 0 aliphatic carbocycles. The average Bonchev–Trinajstić information content (AvgIpc) is 2.27. The van der Waals surface area contributed by atoms with Crippen molar-refractivity contribution in [2.45, 2.75) is 13.8 Å². The zero-order chi connectivity index (χ0) is 13.3. The third-order valence-electron chi connectivity index (χ3n) is 2.82. The van der Waals surface area contributed by atoms with E-state index in [9.17, 15) is 9.18 Å². The van der Waals surface area contributed by atoms with Crippen LogP contribution in [0, 0.1) is 12.7 Å². The van der Waals surface area contributed by atoms with Crippen molar-refractivity contribution in [2.75, 3.05) is 0 Å². The van der Waals surface area contributed by atoms with Gasteiger partial charge in [0, 0.05) is 10.6 Å². The molecule has 0 bridgehead atoms. The van der Waals surface area contributed by atoms with Gasteiger partial charge in [0.05, 0.1) is 0 Å². The average molecular weight is 263 g/mol. The second-order valence-electron chi connectivity index (χ2n) is 4.24. The van der Waals surface area contributed by atoms with E-state index in [1.807, 2.05) is 13.0 Å². The maximum atomic E-state index is 13.4. The summed E-state index contributed by atoms with van der Waals surface area (Å²) in [4.78, 5) is 11.4. The van der Waals surface area contributed by atoms with E-state index in [0.29, 0.717) is 16.1 Å². The molecule has 0 aliphatic rings. The maximum Gasteiger partial charge on any atom is 0.159 e. The van der Waals surface area contributed by atoms with Gasteiger partial charge in [-0.05, 0) is 54.8 Å². The lowest BCUT2D eigenvalue weighted by atomic mass is 9.97. The Kier molecular flexibility index (Phi) is 3.48. The van der Waals surface area contributed by atoms with E-state index in [1.54, 1.807) is 18.2 Å². The van der Waals surface area contributed by atoms with Crippen LogP contribution in [-0.2, 0) is 0 Å². The molecule has 0 atom stereocenters. The van der Waals surface area contributed by atoms with Crippen molar-refractivity contribution in [3.63, 3.8) is 0 Å². The van der Waals surface area contributed by atoms with Crippen molar-refractivity contribution in [1.82, 2.24) is 0 Å². The molecule has 0 saturated carbocycles. The molecule has 0 fully saturated rings. The second kappa shape index (κ2) is 4.91. The number of carbonyl (C=O) groups excluding carboxylic acids is 1. The van der Waals surface area contributed by atoms with Gasteiger partial charge in [-0.15, -0.1) is 0 Å². The maximum absolute atomic E-state index is 13.4. The number of aryl methyl sites for hydroxylation is 1. The minimum Gasteiger partial charge on any atom is -0.295 e. The normalized spacial score (nSPS) is 10.4. The highest BCUT2D eigenvalue weighted by molar-refractivity contribution is 6.30. The fraction of sp³-hybridized carbons (Fsp3) is 0.133. The largest absolute Gasteiger partial charge is 0.295 e. The third kappa shape index (κ3) is 2.59. The summed E-state index contributed by atoms with van der Waals surface area (Å²) in [6.07, 6.45) is 0. The zero-order valence-electron chi connectivity index (χ0n) is 10.1. The molecule has 0 N–H and O–H groups in total. The third-order valence-corrected chi connectivity index (χ3v) is 3.04. The van der Waals surface area contributed by atoms with E-state index < -0.39 is 0 Å². The molecule has 92 valence electrons. The van der Waals surface area contributed by atoms with E-state index in [1.165, 1.54) is 19.1 Å². The molecule has 0 amide bonds. The number of Topliss-reactive ketones (excluding diaryl/α,β-unsaturated/α-hetero) is 1. The van der Waals surface area contributed by atoms with Crippen molar-refractivity contribution in [3.05, 3.63) is 58.4 Å². The summed E-state index contributed by atoms with van der Waals surface area (Å²) in [5.74, 6) is -0.399. The van der Waals surface area contributed by atoms with Gasteiger partial charge in [0.1, 0.15) is 5.82 Å². The van der Waals surface area contributed by atoms with Crippen molar-refractivity contribution >= 4 is 17.4 Å². The van der Waals surface area contributed by atoms with Crippen LogP contribution in [-0.4, -0.2) is 5.78 Å². The number of ketones is 1. The van der Waals surface area contributed by atoms with Crippen LogP contribution in [0.25, 0.3) is 11.1 Å². The fourth-order valence-electron chi connectivity index (χ4n) is 1.86. The van der Waals surface area contributed by atoms with Crippen molar-refractivity contribution in [1.29, 1.82) is 0 Å². The molecular weight excluding hydrogens is 251 g/mol. The molecule has 3 heteroatoms. The lowest BCUT2D eigenvalue weighted by Crippen LogP contribution is -1.94. The van der Waals surface area contributed by atoms with Crippen LogP contribution in [0.3, 0.4) is 0 Å². The molecule has 0 aromatic heterocycles. The highest BCUT2D eigenvalue weighted by Crippen LogP contribution is 2.28. The van der Waals surface area contributed by atoms with Gasteiger partial charge >= 0.3 is 0 Å². The summed E-state index contributed by atoms with van der Waals surface area (Å²) in [6, 6.07) is 9.75.